The average molecular weight is 411 g/mol. The number of nitrogens with zero attached hydrogens (tertiary/aromatic N) is 1. The first-order valence-corrected chi connectivity index (χ1v) is 10.6. The van der Waals surface area contributed by atoms with Crippen LogP contribution in [0.4, 0.5) is 5.69 Å². The predicted molar refractivity (Wildman–Crippen MR) is 106 cm³/mol. The van der Waals surface area contributed by atoms with E-state index in [1.165, 1.54) is 23.5 Å². The number of ether oxygens (including phenoxy) is 1. The molecule has 0 bridgehead atoms. The summed E-state index contributed by atoms with van der Waals surface area (Å²) in [6.07, 6.45) is 1.59. The quantitative estimate of drug-likeness (QED) is 0.619. The highest BCUT2D eigenvalue weighted by molar-refractivity contribution is 7.89. The monoisotopic (exact) mass is 410 g/mol. The third kappa shape index (κ3) is 5.12. The Hall–Kier alpha value is -2.36. The Morgan fingerprint density at radius 1 is 1.29 bits per heavy atom. The third-order valence-electron chi connectivity index (χ3n) is 4.44. The van der Waals surface area contributed by atoms with Crippen molar-refractivity contribution in [3.05, 3.63) is 42.4 Å². The molecule has 0 saturated heterocycles. The number of methoxy groups -OCH3 is 1. The summed E-state index contributed by atoms with van der Waals surface area (Å²) in [6.45, 7) is 6.38. The molecule has 1 amide bonds. The van der Waals surface area contributed by atoms with Crippen molar-refractivity contribution in [2.24, 2.45) is 0 Å². The fourth-order valence-electron chi connectivity index (χ4n) is 2.81. The molecule has 1 aromatic carbocycles. The van der Waals surface area contributed by atoms with Crippen molar-refractivity contribution in [1.29, 1.82) is 0 Å². The summed E-state index contributed by atoms with van der Waals surface area (Å²) in [5.41, 5.74) is 0.319. The number of hydrogen-bond acceptors (Lipinski definition) is 5. The van der Waals surface area contributed by atoms with E-state index < -0.39 is 10.0 Å². The summed E-state index contributed by atoms with van der Waals surface area (Å²) in [4.78, 5) is 12.5. The molecule has 0 fully saturated rings. The molecular formula is C19H28N3O5S+. The minimum absolute atomic E-state index is 0.0166. The average Bonchev–Trinajstić information content (AvgIpc) is 3.21. The van der Waals surface area contributed by atoms with E-state index in [-0.39, 0.29) is 23.4 Å². The lowest BCUT2D eigenvalue weighted by Gasteiger charge is -2.19. The zero-order valence-electron chi connectivity index (χ0n) is 16.6. The van der Waals surface area contributed by atoms with Crippen molar-refractivity contribution in [2.75, 3.05) is 32.1 Å². The number of furan rings is 1. The molecule has 0 aliphatic rings. The molecule has 28 heavy (non-hydrogen) atoms. The second-order valence-electron chi connectivity index (χ2n) is 6.24. The van der Waals surface area contributed by atoms with Gasteiger partial charge in [0.15, 0.2) is 12.3 Å². The summed E-state index contributed by atoms with van der Waals surface area (Å²) < 4.78 is 37.4. The van der Waals surface area contributed by atoms with Gasteiger partial charge in [0, 0.05) is 13.1 Å². The number of hydrogen-bond donors (Lipinski definition) is 2. The van der Waals surface area contributed by atoms with Crippen molar-refractivity contribution in [2.45, 2.75) is 31.7 Å². The van der Waals surface area contributed by atoms with Gasteiger partial charge in [-0.25, -0.2) is 8.42 Å². The van der Waals surface area contributed by atoms with Crippen LogP contribution < -0.4 is 15.4 Å². The van der Waals surface area contributed by atoms with Gasteiger partial charge in [-0.2, -0.15) is 4.31 Å². The van der Waals surface area contributed by atoms with E-state index in [2.05, 4.69) is 5.32 Å². The van der Waals surface area contributed by atoms with Crippen molar-refractivity contribution < 1.29 is 27.7 Å². The molecule has 1 atom stereocenters. The molecule has 8 nitrogen and oxygen atoms in total. The molecule has 0 spiro atoms. The zero-order valence-corrected chi connectivity index (χ0v) is 17.5. The van der Waals surface area contributed by atoms with Crippen LogP contribution in [0.25, 0.3) is 0 Å². The molecule has 0 aliphatic carbocycles. The van der Waals surface area contributed by atoms with Gasteiger partial charge in [0.05, 0.1) is 24.0 Å². The van der Waals surface area contributed by atoms with Crippen LogP contribution in [0.2, 0.25) is 0 Å². The Bertz CT molecular complexity index is 877. The number of nitrogens with one attached hydrogen (secondary N) is 1. The lowest BCUT2D eigenvalue weighted by Crippen LogP contribution is -2.86. The first-order valence-electron chi connectivity index (χ1n) is 9.18. The van der Waals surface area contributed by atoms with Gasteiger partial charge in [0.2, 0.25) is 10.0 Å². The van der Waals surface area contributed by atoms with Gasteiger partial charge < -0.3 is 19.8 Å². The van der Waals surface area contributed by atoms with Crippen LogP contribution in [0.15, 0.2) is 45.9 Å². The highest BCUT2D eigenvalue weighted by atomic mass is 32.2. The predicted octanol–water partition coefficient (Wildman–Crippen LogP) is 1.58. The van der Waals surface area contributed by atoms with Gasteiger partial charge in [-0.15, -0.1) is 0 Å². The molecular weight excluding hydrogens is 382 g/mol. The SMILES string of the molecule is CCN(CC)S(=O)(=O)c1ccc(OC)c(NC(=O)C[NH2+][C@H](C)c2ccco2)c1. The number of carbonyl (C=O) groups is 1. The maximum atomic E-state index is 12.7. The zero-order chi connectivity index (χ0) is 20.7. The van der Waals surface area contributed by atoms with Gasteiger partial charge in [0.25, 0.3) is 5.91 Å². The topological polar surface area (TPSA) is 105 Å². The van der Waals surface area contributed by atoms with Gasteiger partial charge in [-0.05, 0) is 37.3 Å². The summed E-state index contributed by atoms with van der Waals surface area (Å²) in [7, 11) is -2.17. The summed E-state index contributed by atoms with van der Waals surface area (Å²) in [5.74, 6) is 0.901. The third-order valence-corrected chi connectivity index (χ3v) is 6.48. The van der Waals surface area contributed by atoms with Gasteiger partial charge in [-0.1, -0.05) is 13.8 Å². The molecule has 0 radical (unpaired) electrons. The van der Waals surface area contributed by atoms with Crippen LogP contribution in [0.1, 0.15) is 32.6 Å². The Labute approximate surface area is 165 Å². The molecule has 0 saturated carbocycles. The number of sulfonamides is 1. The second-order valence-corrected chi connectivity index (χ2v) is 8.18. The van der Waals surface area contributed by atoms with Crippen molar-refractivity contribution in [1.82, 2.24) is 4.31 Å². The molecule has 9 heteroatoms. The van der Waals surface area contributed by atoms with Gasteiger partial charge in [0.1, 0.15) is 11.8 Å². The number of amides is 1. The second kappa shape index (κ2) is 9.72. The molecule has 2 rings (SSSR count). The molecule has 0 aliphatic heterocycles. The number of anilines is 1. The van der Waals surface area contributed by atoms with Crippen molar-refractivity contribution >= 4 is 21.6 Å². The normalized spacial score (nSPS) is 12.8. The van der Waals surface area contributed by atoms with E-state index >= 15 is 0 Å². The van der Waals surface area contributed by atoms with Crippen LogP contribution >= 0.6 is 0 Å². The van der Waals surface area contributed by atoms with E-state index in [4.69, 9.17) is 9.15 Å². The minimum atomic E-state index is -3.63. The molecule has 1 heterocycles. The lowest BCUT2D eigenvalue weighted by molar-refractivity contribution is -0.684. The van der Waals surface area contributed by atoms with Crippen molar-refractivity contribution in [3.8, 4) is 5.75 Å². The Balaban J connectivity index is 2.14. The van der Waals surface area contributed by atoms with E-state index in [9.17, 15) is 13.2 Å². The van der Waals surface area contributed by atoms with E-state index in [0.29, 0.717) is 24.5 Å². The fraction of sp³-hybridized carbons (Fsp3) is 0.421. The van der Waals surface area contributed by atoms with Crippen LogP contribution in [0.5, 0.6) is 5.75 Å². The highest BCUT2D eigenvalue weighted by Crippen LogP contribution is 2.28. The number of rotatable bonds is 10. The maximum absolute atomic E-state index is 12.7. The van der Waals surface area contributed by atoms with Gasteiger partial charge in [-0.3, -0.25) is 4.79 Å². The minimum Gasteiger partial charge on any atom is -0.495 e. The first-order chi connectivity index (χ1) is 13.3. The molecule has 154 valence electrons. The van der Waals surface area contributed by atoms with Crippen LogP contribution in [-0.2, 0) is 14.8 Å². The smallest absolute Gasteiger partial charge is 0.279 e. The standard InChI is InChI=1S/C19H27N3O5S/c1-5-22(6-2)28(24,25)15-9-10-18(26-4)16(12-15)21-19(23)13-20-14(3)17-8-7-11-27-17/h7-12,14,20H,5-6,13H2,1-4H3,(H,21,23)/p+1/t14-/m1/s1. The highest BCUT2D eigenvalue weighted by Gasteiger charge is 2.23. The summed E-state index contributed by atoms with van der Waals surface area (Å²) in [6, 6.07) is 8.09. The van der Waals surface area contributed by atoms with Crippen LogP contribution in [-0.4, -0.2) is 45.4 Å². The summed E-state index contributed by atoms with van der Waals surface area (Å²) in [5, 5.41) is 4.57. The van der Waals surface area contributed by atoms with E-state index in [0.717, 1.165) is 5.76 Å². The Morgan fingerprint density at radius 2 is 2.00 bits per heavy atom. The van der Waals surface area contributed by atoms with E-state index in [1.807, 2.05) is 18.3 Å². The number of nitrogens with two attached hydrogens (primary N) is 1. The largest absolute Gasteiger partial charge is 0.495 e. The first kappa shape index (κ1) is 21.9. The van der Waals surface area contributed by atoms with Crippen LogP contribution in [0, 0.1) is 0 Å². The molecule has 1 aromatic heterocycles. The van der Waals surface area contributed by atoms with E-state index in [1.54, 1.807) is 32.2 Å². The maximum Gasteiger partial charge on any atom is 0.279 e. The lowest BCUT2D eigenvalue weighted by atomic mass is 10.2. The number of carbonyl (C=O) groups excluding carboxylic acids is 1. The Morgan fingerprint density at radius 3 is 2.57 bits per heavy atom. The number of benzene rings is 1. The Kier molecular flexibility index (Phi) is 7.61. The molecule has 0 unspecified atom stereocenters. The number of quaternary nitrogens is 1. The summed E-state index contributed by atoms with van der Waals surface area (Å²) >= 11 is 0. The van der Waals surface area contributed by atoms with Gasteiger partial charge >= 0.3 is 0 Å². The fourth-order valence-corrected chi connectivity index (χ4v) is 4.29. The molecule has 3 N–H and O–H groups in total. The van der Waals surface area contributed by atoms with Crippen molar-refractivity contribution in [3.63, 3.8) is 0 Å². The molecule has 2 aromatic rings. The van der Waals surface area contributed by atoms with Crippen LogP contribution in [0.3, 0.4) is 0 Å².